The van der Waals surface area contributed by atoms with E-state index in [1.807, 2.05) is 6.92 Å². The van der Waals surface area contributed by atoms with Crippen LogP contribution in [0.5, 0.6) is 0 Å². The lowest BCUT2D eigenvalue weighted by molar-refractivity contribution is -0.275. The zero-order chi connectivity index (χ0) is 24.6. The maximum Gasteiger partial charge on any atom is 0.426 e. The van der Waals surface area contributed by atoms with Crippen molar-refractivity contribution >= 4 is 14.2 Å². The smallest absolute Gasteiger partial charge is 0.414 e. The van der Waals surface area contributed by atoms with Gasteiger partial charge in [-0.1, -0.05) is 51.1 Å². The molecule has 0 aliphatic heterocycles. The van der Waals surface area contributed by atoms with Gasteiger partial charge in [-0.2, -0.15) is 13.2 Å². The van der Waals surface area contributed by atoms with Crippen molar-refractivity contribution in [2.45, 2.75) is 83.2 Å². The Morgan fingerprint density at radius 1 is 1.12 bits per heavy atom. The van der Waals surface area contributed by atoms with E-state index in [9.17, 15) is 18.0 Å². The highest BCUT2D eigenvalue weighted by atomic mass is 28.4. The van der Waals surface area contributed by atoms with Gasteiger partial charge in [-0.25, -0.2) is 5.84 Å². The molecule has 6 nitrogen and oxygen atoms in total. The molecule has 1 rings (SSSR count). The number of hydrazine groups is 1. The normalized spacial score (nSPS) is 15.8. The van der Waals surface area contributed by atoms with Crippen molar-refractivity contribution in [1.82, 2.24) is 5.43 Å². The maximum atomic E-state index is 13.9. The van der Waals surface area contributed by atoms with Gasteiger partial charge in [0.25, 0.3) is 5.91 Å². The molecule has 0 saturated heterocycles. The van der Waals surface area contributed by atoms with Crippen molar-refractivity contribution in [3.63, 3.8) is 0 Å². The van der Waals surface area contributed by atoms with Gasteiger partial charge < -0.3 is 13.9 Å². The first kappa shape index (κ1) is 28.6. The van der Waals surface area contributed by atoms with E-state index in [1.165, 1.54) is 0 Å². The monoisotopic (exact) mass is 478 g/mol. The Kier molecular flexibility index (Phi) is 10.4. The highest BCUT2D eigenvalue weighted by Gasteiger charge is 2.61. The summed E-state index contributed by atoms with van der Waals surface area (Å²) in [4.78, 5) is 12.2. The third-order valence-corrected chi connectivity index (χ3v) is 10.5. The summed E-state index contributed by atoms with van der Waals surface area (Å²) in [7, 11) is -1.95. The molecule has 2 unspecified atom stereocenters. The molecule has 0 heterocycles. The second-order valence-corrected chi connectivity index (χ2v) is 14.2. The van der Waals surface area contributed by atoms with Gasteiger partial charge in [0.2, 0.25) is 5.60 Å². The molecule has 0 aliphatic rings. The Morgan fingerprint density at radius 2 is 1.72 bits per heavy atom. The molecule has 0 radical (unpaired) electrons. The summed E-state index contributed by atoms with van der Waals surface area (Å²) in [5.74, 6) is 3.60. The molecule has 1 amide bonds. The molecule has 1 aromatic carbocycles. The first-order valence-corrected chi connectivity index (χ1v) is 13.6. The van der Waals surface area contributed by atoms with Gasteiger partial charge in [0.05, 0.1) is 13.2 Å². The molecule has 184 valence electrons. The summed E-state index contributed by atoms with van der Waals surface area (Å²) in [6.07, 6.45) is -5.26. The Labute approximate surface area is 190 Å². The molecule has 0 fully saturated rings. The van der Waals surface area contributed by atoms with Crippen LogP contribution in [0.2, 0.25) is 18.1 Å². The predicted molar refractivity (Wildman–Crippen MR) is 120 cm³/mol. The lowest BCUT2D eigenvalue weighted by Crippen LogP contribution is -2.60. The molecule has 2 atom stereocenters. The number of benzene rings is 1. The minimum atomic E-state index is -4.98. The van der Waals surface area contributed by atoms with Crippen LogP contribution in [0, 0.1) is 0 Å². The largest absolute Gasteiger partial charge is 0.426 e. The molecule has 0 aliphatic carbocycles. The number of rotatable bonds is 12. The molecule has 1 aromatic rings. The first-order valence-electron chi connectivity index (χ1n) is 10.7. The maximum absolute atomic E-state index is 13.9. The van der Waals surface area contributed by atoms with Gasteiger partial charge in [0.15, 0.2) is 8.32 Å². The van der Waals surface area contributed by atoms with Gasteiger partial charge in [-0.05, 0) is 37.0 Å². The molecule has 32 heavy (non-hydrogen) atoms. The average molecular weight is 479 g/mol. The summed E-state index contributed by atoms with van der Waals surface area (Å²) >= 11 is 0. The van der Waals surface area contributed by atoms with Crippen LogP contribution in [0.3, 0.4) is 0 Å². The number of nitrogens with two attached hydrogens (primary N) is 1. The summed E-state index contributed by atoms with van der Waals surface area (Å²) in [6, 6.07) is 8.31. The van der Waals surface area contributed by atoms with Crippen LogP contribution in [0.1, 0.15) is 46.1 Å². The number of halogens is 3. The zero-order valence-electron chi connectivity index (χ0n) is 19.8. The molecule has 3 N–H and O–H groups in total. The summed E-state index contributed by atoms with van der Waals surface area (Å²) in [5, 5.41) is 0.0557. The second kappa shape index (κ2) is 11.6. The fraction of sp³-hybridized carbons (Fsp3) is 0.682. The van der Waals surface area contributed by atoms with Crippen molar-refractivity contribution in [2.24, 2.45) is 5.84 Å². The number of ether oxygens (including phenoxy) is 2. The van der Waals surface area contributed by atoms with Crippen molar-refractivity contribution in [3.05, 3.63) is 35.9 Å². The molecule has 0 aromatic heterocycles. The Bertz CT molecular complexity index is 711. The number of hydrogen-bond donors (Lipinski definition) is 2. The number of hydrogen-bond acceptors (Lipinski definition) is 5. The topological polar surface area (TPSA) is 82.8 Å². The van der Waals surface area contributed by atoms with Crippen LogP contribution in [-0.2, 0) is 25.3 Å². The van der Waals surface area contributed by atoms with Gasteiger partial charge in [0.1, 0.15) is 0 Å². The van der Waals surface area contributed by atoms with E-state index in [2.05, 4.69) is 33.9 Å². The number of carbonyl (C=O) groups is 1. The third kappa shape index (κ3) is 7.84. The van der Waals surface area contributed by atoms with Gasteiger partial charge >= 0.3 is 6.18 Å². The molecular formula is C22H37F3N2O4Si. The number of alkyl halides is 3. The zero-order valence-corrected chi connectivity index (χ0v) is 20.8. The average Bonchev–Trinajstić information content (AvgIpc) is 2.68. The lowest BCUT2D eigenvalue weighted by Gasteiger charge is -2.38. The summed E-state index contributed by atoms with van der Waals surface area (Å²) in [5.41, 5.74) is -1.01. The van der Waals surface area contributed by atoms with Crippen LogP contribution in [0.4, 0.5) is 13.2 Å². The van der Waals surface area contributed by atoms with E-state index in [1.54, 1.807) is 35.8 Å². The Balaban J connectivity index is 2.71. The van der Waals surface area contributed by atoms with E-state index in [-0.39, 0.29) is 24.4 Å². The Hall–Kier alpha value is -1.46. The highest BCUT2D eigenvalue weighted by Crippen LogP contribution is 2.38. The number of amides is 1. The minimum absolute atomic E-state index is 0.0557. The highest BCUT2D eigenvalue weighted by molar-refractivity contribution is 6.74. The van der Waals surface area contributed by atoms with Crippen molar-refractivity contribution in [2.75, 3.05) is 13.2 Å². The fourth-order valence-electron chi connectivity index (χ4n) is 2.81. The second-order valence-electron chi connectivity index (χ2n) is 9.41. The van der Waals surface area contributed by atoms with Crippen molar-refractivity contribution < 1.29 is 31.9 Å². The third-order valence-electron chi connectivity index (χ3n) is 5.85. The molecule has 0 spiro atoms. The van der Waals surface area contributed by atoms with Gasteiger partial charge in [-0.3, -0.25) is 10.2 Å². The van der Waals surface area contributed by atoms with E-state index < -0.39 is 39.0 Å². The van der Waals surface area contributed by atoms with E-state index in [4.69, 9.17) is 19.7 Å². The summed E-state index contributed by atoms with van der Waals surface area (Å²) in [6.45, 7) is 12.1. The molecule has 10 heteroatoms. The van der Waals surface area contributed by atoms with Crippen LogP contribution in [-0.4, -0.2) is 45.3 Å². The van der Waals surface area contributed by atoms with E-state index in [0.717, 1.165) is 0 Å². The SMILES string of the molecule is CC(CCOCCC(OCc1ccccc1)(C(=O)NN)C(F)(F)F)O[Si](C)(C)C(C)(C)C. The quantitative estimate of drug-likeness (QED) is 0.150. The van der Waals surface area contributed by atoms with E-state index in [0.29, 0.717) is 12.0 Å². The summed E-state index contributed by atoms with van der Waals surface area (Å²) < 4.78 is 58.6. The minimum Gasteiger partial charge on any atom is -0.414 e. The Morgan fingerprint density at radius 3 is 2.22 bits per heavy atom. The van der Waals surface area contributed by atoms with Gasteiger partial charge in [0, 0.05) is 19.1 Å². The standard InChI is InChI=1S/C22H37F3N2O4Si/c1-17(31-32(5,6)20(2,3)4)12-14-29-15-13-21(19(28)27-26,22(23,24)25)30-16-18-10-8-7-9-11-18/h7-11,17H,12-16,26H2,1-6H3,(H,27,28). The molecule has 0 bridgehead atoms. The fourth-order valence-corrected chi connectivity index (χ4v) is 4.28. The molecular weight excluding hydrogens is 441 g/mol. The number of nitrogens with one attached hydrogen (secondary N) is 1. The van der Waals surface area contributed by atoms with Crippen LogP contribution >= 0.6 is 0 Å². The van der Waals surface area contributed by atoms with Crippen LogP contribution < -0.4 is 11.3 Å². The van der Waals surface area contributed by atoms with Crippen molar-refractivity contribution in [3.8, 4) is 0 Å². The lowest BCUT2D eigenvalue weighted by atomic mass is 9.97. The van der Waals surface area contributed by atoms with Crippen molar-refractivity contribution in [1.29, 1.82) is 0 Å². The number of carbonyl (C=O) groups excluding carboxylic acids is 1. The van der Waals surface area contributed by atoms with Crippen LogP contribution in [0.15, 0.2) is 30.3 Å². The van der Waals surface area contributed by atoms with Crippen LogP contribution in [0.25, 0.3) is 0 Å². The predicted octanol–water partition coefficient (Wildman–Crippen LogP) is 4.70. The first-order chi connectivity index (χ1) is 14.7. The molecule has 0 saturated carbocycles. The van der Waals surface area contributed by atoms with Gasteiger partial charge in [-0.15, -0.1) is 0 Å². The van der Waals surface area contributed by atoms with E-state index >= 15 is 0 Å².